The van der Waals surface area contributed by atoms with Crippen LogP contribution in [-0.2, 0) is 51.3 Å². The number of aromatic nitrogens is 4. The first-order valence-electron chi connectivity index (χ1n) is 36.5. The number of amides is 9. The Kier molecular flexibility index (Phi) is 128. The number of anilines is 7. The first-order chi connectivity index (χ1) is 54.1. The third-order valence-electron chi connectivity index (χ3n) is 18.3. The molecule has 622 valence electrons. The van der Waals surface area contributed by atoms with Crippen LogP contribution in [-0.4, -0.2) is 176 Å². The van der Waals surface area contributed by atoms with E-state index in [-0.39, 0.29) is 1100 Å². The van der Waals surface area contributed by atoms with E-state index in [2.05, 4.69) is 141 Å². The minimum atomic E-state index is -4.54. The Morgan fingerprint density at radius 2 is 0.697 bits per heavy atom. The van der Waals surface area contributed by atoms with Gasteiger partial charge in [0.25, 0.3) is 17.7 Å². The molecule has 0 bridgehead atoms. The van der Waals surface area contributed by atoms with Crippen molar-refractivity contribution in [1.29, 1.82) is 0 Å². The van der Waals surface area contributed by atoms with Gasteiger partial charge in [0.1, 0.15) is 35.8 Å². The zero-order valence-corrected chi connectivity index (χ0v) is 142. The summed E-state index contributed by atoms with van der Waals surface area (Å²) in [5.74, 6) is -1.30. The summed E-state index contributed by atoms with van der Waals surface area (Å²) in [7, 11) is 0. The Morgan fingerprint density at radius 3 is 0.939 bits per heavy atom. The van der Waals surface area contributed by atoms with Crippen molar-refractivity contribution in [2.24, 2.45) is 5.73 Å². The first kappa shape index (κ1) is 175. The van der Waals surface area contributed by atoms with Gasteiger partial charge in [-0.25, -0.2) is 43.8 Å². The predicted molar refractivity (Wildman–Crippen MR) is 433 cm³/mol. The predicted octanol–water partition coefficient (Wildman–Crippen LogP) is -42.0. The topological polar surface area (TPSA) is 267 Å². The van der Waals surface area contributed by atoms with Crippen LogP contribution in [0, 0.1) is 0 Å². The van der Waals surface area contributed by atoms with Gasteiger partial charge in [-0.15, -0.1) is 0 Å². The van der Waals surface area contributed by atoms with Crippen molar-refractivity contribution in [2.45, 2.75) is 161 Å². The largest absolute Gasteiger partial charge is 1.00 e. The Hall–Kier alpha value is 17.9. The fraction of sp³-hybridized carbons (Fsp3) is 0.381. The normalized spacial score (nSPS) is 14.4. The van der Waals surface area contributed by atoms with E-state index in [1.54, 1.807) is 56.0 Å². The molecule has 2 aromatic heterocycles. The molecule has 48 heteroatoms. The molecule has 11 rings (SSSR count). The number of benzene rings is 3. The standard InChI is InChI=1S/C25H29F3N6O4.C25H31F3N6O2.C19H4.C15H19N3O2.19K.19H/c1-3-32(4-2)23-29-14-16(13-25(26,27)28)20(31-23)30-18(22(36)37)12-15-7-9-17(10-8-15)34-21(35)19-6-5-11-33(19)24(34)38;1-4-32(5-2)23-29-15-18(14-25(26,27)28)21(31-23)30-16(3)13-17-8-10-19(11-9-17)34-22(35)20-7-6-12-33(20)24(34)36;1-3-5-7-9-11-13-15-17-19-18-16-14-12-10-8-6-4-2;1-10(16)9-11-4-6-12(7-5-11)18-14(19)13-3-2-8-17(13)15(18)20;;;;;;;;;;;;;;;;;;;;;;;;;;;;;;;;;;;;;;/h7-10,14,18-19H,3-6,11-13H2,1-2H3,(H,36,37)(H,29,30,31);8-11,15-16,20H,4-7,12-14H2,1-3H3,(H,29,30,31);1-2H2;4-7,10,13H,2-3,8-9,16H2,1H3;;;;;;;;;;;;;;;;;;;;;;;;;;;;;;;;;;;;;;/q;;;;19*+1;19*-1/t18-,19+;16-,20+;;10-,13+;;;;;;;;;;;;;;;;;;;;;;;;;;;;;;;;;;;;;;/m11.1....................................../s1. The fourth-order valence-electron chi connectivity index (χ4n) is 13.1. The molecule has 0 saturated carbocycles. The molecule has 9 amide bonds. The molecule has 0 radical (unpaired) electrons. The molecule has 6 fully saturated rings. The van der Waals surface area contributed by atoms with Crippen molar-refractivity contribution in [2.75, 3.05) is 80.9 Å². The van der Waals surface area contributed by atoms with Crippen LogP contribution in [0.1, 0.15) is 135 Å². The van der Waals surface area contributed by atoms with Gasteiger partial charge in [0.15, 0.2) is 0 Å². The van der Waals surface area contributed by atoms with E-state index in [1.165, 1.54) is 16.0 Å². The van der Waals surface area contributed by atoms with Crippen LogP contribution in [0.5, 0.6) is 0 Å². The number of rotatable bonds is 22. The number of carboxylic acids is 1. The molecule has 132 heavy (non-hydrogen) atoms. The van der Waals surface area contributed by atoms with Gasteiger partial charge < -0.3 is 73.1 Å². The third kappa shape index (κ3) is 60.4. The Morgan fingerprint density at radius 1 is 0.439 bits per heavy atom. The van der Waals surface area contributed by atoms with E-state index in [4.69, 9.17) is 5.73 Å². The number of hydrogen-bond acceptors (Lipinski definition) is 16. The number of halogens is 6. The smallest absolute Gasteiger partial charge is 1.00 e. The Labute approximate surface area is 1610 Å². The van der Waals surface area contributed by atoms with Crippen molar-refractivity contribution in [3.63, 3.8) is 0 Å². The van der Waals surface area contributed by atoms with Crippen LogP contribution in [0.2, 0.25) is 0 Å². The van der Waals surface area contributed by atoms with E-state index in [1.807, 2.05) is 82.8 Å². The summed E-state index contributed by atoms with van der Waals surface area (Å²) in [6.07, 6.45) is -3.18. The van der Waals surface area contributed by atoms with Crippen molar-refractivity contribution in [3.8, 4) is 0 Å². The summed E-state index contributed by atoms with van der Waals surface area (Å²) in [6.45, 7) is 22.1. The molecule has 0 spiro atoms. The van der Waals surface area contributed by atoms with Crippen molar-refractivity contribution in [1.82, 2.24) is 34.6 Å². The van der Waals surface area contributed by atoms with Gasteiger partial charge in [0.05, 0.1) is 29.9 Å². The van der Waals surface area contributed by atoms with Gasteiger partial charge in [0, 0.05) is 87.8 Å². The number of fused-ring (bicyclic) bond motifs is 3. The molecular formula is C84H102F6K19N15O8. The Balaban J connectivity index is -0.0000000416. The zero-order chi connectivity index (χ0) is 81.9. The number of nitrogens with two attached hydrogens (primary N) is 1. The van der Waals surface area contributed by atoms with Gasteiger partial charge in [-0.1, -0.05) is 47.9 Å². The fourth-order valence-corrected chi connectivity index (χ4v) is 13.1. The monoisotopic (exact) mass is 2300 g/mol. The average molecular weight is 2310 g/mol. The molecule has 6 aliphatic rings. The molecular weight excluding hydrogens is 2200 g/mol. The van der Waals surface area contributed by atoms with Gasteiger partial charge in [-0.2, -0.15) is 36.3 Å². The summed E-state index contributed by atoms with van der Waals surface area (Å²) < 4.78 is 79.0. The minimum Gasteiger partial charge on any atom is -1.00 e. The maximum absolute atomic E-state index is 13.2. The molecule has 6 atom stereocenters. The number of urea groups is 3. The number of alkyl halides is 6. The van der Waals surface area contributed by atoms with Gasteiger partial charge in [0.2, 0.25) is 11.9 Å². The van der Waals surface area contributed by atoms with Gasteiger partial charge >= 0.3 is 1010 Å². The molecule has 0 aliphatic carbocycles. The van der Waals surface area contributed by atoms with Gasteiger partial charge in [-0.3, -0.25) is 14.4 Å². The number of hydrogen-bond donors (Lipinski definition) is 4. The van der Waals surface area contributed by atoms with E-state index in [9.17, 15) is 65.0 Å². The van der Waals surface area contributed by atoms with Crippen molar-refractivity contribution in [3.05, 3.63) is 224 Å². The summed E-state index contributed by atoms with van der Waals surface area (Å²) >= 11 is 0. The molecule has 6 saturated heterocycles. The van der Waals surface area contributed by atoms with Crippen LogP contribution in [0.25, 0.3) is 0 Å². The minimum absolute atomic E-state index is 0. The summed E-state index contributed by atoms with van der Waals surface area (Å²) in [4.78, 5) is 116. The van der Waals surface area contributed by atoms with Crippen LogP contribution in [0.3, 0.4) is 0 Å². The number of nitrogens with one attached hydrogen (secondary N) is 2. The van der Waals surface area contributed by atoms with E-state index < -0.39 is 43.2 Å². The summed E-state index contributed by atoms with van der Waals surface area (Å²) in [5, 5.41) is 15.6. The first-order valence-corrected chi connectivity index (χ1v) is 36.5. The molecule has 0 unspecified atom stereocenters. The maximum Gasteiger partial charge on any atom is 1.00 e. The molecule has 3 aromatic carbocycles. The van der Waals surface area contributed by atoms with Crippen molar-refractivity contribution >= 4 is 82.4 Å². The van der Waals surface area contributed by atoms with Gasteiger partial charge in [-0.05, 0) is 245 Å². The summed E-state index contributed by atoms with van der Waals surface area (Å²) in [6, 6.07) is 17.6. The van der Waals surface area contributed by atoms with Crippen molar-refractivity contribution < 1.29 is 1070 Å². The summed E-state index contributed by atoms with van der Waals surface area (Å²) in [5.41, 5.74) is 51.5. The number of imide groups is 3. The number of carbonyl (C=O) groups is 7. The van der Waals surface area contributed by atoms with E-state index >= 15 is 0 Å². The number of nitrogens with zero attached hydrogens (tertiary/aromatic N) is 12. The molecule has 5 N–H and O–H groups in total. The molecule has 6 aliphatic heterocycles. The van der Waals surface area contributed by atoms with Crippen LogP contribution in [0.4, 0.5) is 81.3 Å². The second-order valence-corrected chi connectivity index (χ2v) is 26.3. The third-order valence-corrected chi connectivity index (χ3v) is 18.3. The van der Waals surface area contributed by atoms with E-state index in [0.29, 0.717) is 93.6 Å². The van der Waals surface area contributed by atoms with E-state index in [0.717, 1.165) is 54.3 Å². The second-order valence-electron chi connectivity index (χ2n) is 26.3. The molecule has 23 nitrogen and oxygen atoms in total. The number of aliphatic carboxylic acids is 1. The second kappa shape index (κ2) is 96.3. The molecule has 8 heterocycles. The zero-order valence-electron chi connectivity index (χ0n) is 101. The van der Waals surface area contributed by atoms with Crippen LogP contribution in [0.15, 0.2) is 196 Å². The Bertz CT molecular complexity index is 5080. The number of carbonyl (C=O) groups excluding carboxylic acids is 6. The average Bonchev–Trinajstić information content (AvgIpc) is 1.62. The SMILES string of the molecule is C=C=C=C=C=C=C=C=C=C=C=C=C=C=C=C=C=C=C.CCN(CC)c1ncc(CC(F)(F)F)c(N[C@H](C)Cc2ccc(N3C(=O)[C@@H]4CCCN4C3=O)cc2)n1.CCN(CC)c1ncc(CC(F)(F)F)c(N[C@H](Cc2ccc(N3C(=O)[C@@H]4CCCN4C3=O)cc2)C(=O)O)n1.C[C@@H](N)Cc1ccc(N2C(=O)[C@@H]3CCCN3C2=O)cc1.[H-].[H-].[H-].[H-].[H-].[H-].[H-].[H-].[H-].[H-].[H-].[H-].[H-].[H-].[H-].[H-].[H-].[H-].[H-].[K+].[K+].[K+].[K+].[K+].[K+].[K+].[K+].[K+].[K+].[K+].[K+].[K+].[K+].[K+].[K+].[K+].[K+].[K+]. The number of carboxylic acid groups (broad SMARTS) is 1. The molecule has 5 aromatic rings. The van der Waals surface area contributed by atoms with Crippen LogP contribution >= 0.6 is 0 Å². The van der Waals surface area contributed by atoms with Crippen LogP contribution < -0.4 is 1020 Å². The maximum atomic E-state index is 13.2. The quantitative estimate of drug-likeness (QED) is 0.0217.